The highest BCUT2D eigenvalue weighted by Gasteiger charge is 2.34. The number of carbonyl (C=O) groups is 2. The fraction of sp³-hybridized carbons (Fsp3) is 0.842. The van der Waals surface area contributed by atoms with Gasteiger partial charge in [0.05, 0.1) is 12.1 Å². The van der Waals surface area contributed by atoms with Crippen molar-refractivity contribution in [3.05, 3.63) is 0 Å². The van der Waals surface area contributed by atoms with Gasteiger partial charge in [0, 0.05) is 19.1 Å². The van der Waals surface area contributed by atoms with Gasteiger partial charge in [-0.3, -0.25) is 9.69 Å². The Labute approximate surface area is 157 Å². The summed E-state index contributed by atoms with van der Waals surface area (Å²) < 4.78 is 5.28. The van der Waals surface area contributed by atoms with Gasteiger partial charge in [0.15, 0.2) is 0 Å². The Hall–Kier alpha value is -1.81. The number of nitrogens with one attached hydrogen (secondary N) is 2. The van der Waals surface area contributed by atoms with Crippen LogP contribution < -0.4 is 10.6 Å². The molecule has 0 saturated carbocycles. The van der Waals surface area contributed by atoms with E-state index in [1.54, 1.807) is 6.92 Å². The maximum atomic E-state index is 12.5. The van der Waals surface area contributed by atoms with Crippen LogP contribution in [-0.2, 0) is 9.53 Å². The summed E-state index contributed by atoms with van der Waals surface area (Å²) in [7, 11) is 0. The minimum atomic E-state index is -0.873. The SMILES string of the molecule is CC(C(=O)NC(C)(C#N)C(C)C)N1CCC(NC(=O)OC(C)(C)C)CC1. The van der Waals surface area contributed by atoms with Crippen LogP contribution in [0.3, 0.4) is 0 Å². The minimum Gasteiger partial charge on any atom is -0.444 e. The number of amides is 2. The van der Waals surface area contributed by atoms with Gasteiger partial charge in [0.1, 0.15) is 11.1 Å². The first-order chi connectivity index (χ1) is 11.9. The summed E-state index contributed by atoms with van der Waals surface area (Å²) in [5.41, 5.74) is -1.39. The molecule has 0 aromatic heterocycles. The van der Waals surface area contributed by atoms with Crippen molar-refractivity contribution in [3.63, 3.8) is 0 Å². The fourth-order valence-electron chi connectivity index (χ4n) is 2.73. The molecule has 2 N–H and O–H groups in total. The molecule has 1 rings (SSSR count). The Morgan fingerprint density at radius 2 is 1.69 bits per heavy atom. The fourth-order valence-corrected chi connectivity index (χ4v) is 2.73. The lowest BCUT2D eigenvalue weighted by atomic mass is 9.89. The molecule has 1 fully saturated rings. The van der Waals surface area contributed by atoms with E-state index >= 15 is 0 Å². The van der Waals surface area contributed by atoms with Gasteiger partial charge in [0.2, 0.25) is 5.91 Å². The summed E-state index contributed by atoms with van der Waals surface area (Å²) in [6.45, 7) is 14.4. The number of rotatable bonds is 5. The van der Waals surface area contributed by atoms with E-state index in [9.17, 15) is 14.9 Å². The van der Waals surface area contributed by atoms with Crippen molar-refractivity contribution in [2.24, 2.45) is 5.92 Å². The van der Waals surface area contributed by atoms with Gasteiger partial charge < -0.3 is 15.4 Å². The van der Waals surface area contributed by atoms with E-state index in [0.717, 1.165) is 12.8 Å². The molecule has 7 nitrogen and oxygen atoms in total. The molecule has 2 atom stereocenters. The number of nitrogens with zero attached hydrogens (tertiary/aromatic N) is 2. The van der Waals surface area contributed by atoms with Gasteiger partial charge in [-0.05, 0) is 53.4 Å². The molecule has 1 aliphatic heterocycles. The van der Waals surface area contributed by atoms with Crippen molar-refractivity contribution in [1.82, 2.24) is 15.5 Å². The molecule has 7 heteroatoms. The van der Waals surface area contributed by atoms with Crippen LogP contribution in [0.1, 0.15) is 61.3 Å². The third-order valence-corrected chi connectivity index (χ3v) is 4.95. The summed E-state index contributed by atoms with van der Waals surface area (Å²) in [6, 6.07) is 1.94. The second kappa shape index (κ2) is 8.72. The number of nitriles is 1. The molecule has 0 aliphatic carbocycles. The average Bonchev–Trinajstić information content (AvgIpc) is 2.52. The topological polar surface area (TPSA) is 94.5 Å². The molecule has 2 unspecified atom stereocenters. The second-order valence-corrected chi connectivity index (χ2v) is 8.59. The number of ether oxygens (including phenoxy) is 1. The Kier molecular flexibility index (Phi) is 7.45. The highest BCUT2D eigenvalue weighted by Crippen LogP contribution is 2.18. The number of alkyl carbamates (subject to hydrolysis) is 1. The molecule has 0 radical (unpaired) electrons. The maximum absolute atomic E-state index is 12.5. The van der Waals surface area contributed by atoms with Crippen LogP contribution in [0.4, 0.5) is 4.79 Å². The van der Waals surface area contributed by atoms with E-state index < -0.39 is 17.2 Å². The number of hydrogen-bond donors (Lipinski definition) is 2. The molecule has 1 saturated heterocycles. The van der Waals surface area contributed by atoms with Crippen molar-refractivity contribution < 1.29 is 14.3 Å². The lowest BCUT2D eigenvalue weighted by molar-refractivity contribution is -0.128. The van der Waals surface area contributed by atoms with E-state index in [-0.39, 0.29) is 23.9 Å². The molecule has 1 heterocycles. The van der Waals surface area contributed by atoms with E-state index in [0.29, 0.717) is 13.1 Å². The summed E-state index contributed by atoms with van der Waals surface area (Å²) >= 11 is 0. The van der Waals surface area contributed by atoms with Gasteiger partial charge in [-0.25, -0.2) is 4.79 Å². The van der Waals surface area contributed by atoms with Gasteiger partial charge >= 0.3 is 6.09 Å². The van der Waals surface area contributed by atoms with Crippen LogP contribution in [0.15, 0.2) is 0 Å². The minimum absolute atomic E-state index is 0.0208. The Morgan fingerprint density at radius 3 is 2.12 bits per heavy atom. The number of hydrogen-bond acceptors (Lipinski definition) is 5. The van der Waals surface area contributed by atoms with E-state index in [1.165, 1.54) is 0 Å². The molecule has 0 spiro atoms. The van der Waals surface area contributed by atoms with E-state index in [1.807, 2.05) is 41.5 Å². The van der Waals surface area contributed by atoms with Crippen LogP contribution in [0.2, 0.25) is 0 Å². The molecule has 0 aromatic rings. The van der Waals surface area contributed by atoms with Crippen LogP contribution >= 0.6 is 0 Å². The predicted molar refractivity (Wildman–Crippen MR) is 100 cm³/mol. The molecule has 1 aliphatic rings. The van der Waals surface area contributed by atoms with Crippen LogP contribution in [0.5, 0.6) is 0 Å². The Balaban J connectivity index is 2.51. The predicted octanol–water partition coefficient (Wildman–Crippen LogP) is 2.42. The summed E-state index contributed by atoms with van der Waals surface area (Å²) in [4.78, 5) is 26.5. The molecular weight excluding hydrogens is 332 g/mol. The molecular formula is C19H34N4O3. The maximum Gasteiger partial charge on any atom is 0.407 e. The van der Waals surface area contributed by atoms with Crippen molar-refractivity contribution in [1.29, 1.82) is 5.26 Å². The third-order valence-electron chi connectivity index (χ3n) is 4.95. The van der Waals surface area contributed by atoms with Crippen LogP contribution in [0, 0.1) is 17.2 Å². The zero-order chi connectivity index (χ0) is 20.1. The highest BCUT2D eigenvalue weighted by molar-refractivity contribution is 5.82. The molecule has 2 amide bonds. The third kappa shape index (κ3) is 6.49. The van der Waals surface area contributed by atoms with Gasteiger partial charge in [0.25, 0.3) is 0 Å². The van der Waals surface area contributed by atoms with E-state index in [4.69, 9.17) is 4.74 Å². The molecule has 148 valence electrons. The quantitative estimate of drug-likeness (QED) is 0.779. The summed E-state index contributed by atoms with van der Waals surface area (Å²) in [5.74, 6) is -0.117. The largest absolute Gasteiger partial charge is 0.444 e. The standard InChI is InChI=1S/C19H34N4O3/c1-13(2)19(7,12-20)22-16(24)14(3)23-10-8-15(9-11-23)21-17(25)26-18(4,5)6/h13-15H,8-11H2,1-7H3,(H,21,25)(H,22,24). The van der Waals surface area contributed by atoms with Gasteiger partial charge in [-0.2, -0.15) is 5.26 Å². The van der Waals surface area contributed by atoms with Crippen LogP contribution in [0.25, 0.3) is 0 Å². The smallest absolute Gasteiger partial charge is 0.407 e. The van der Waals surface area contributed by atoms with Crippen molar-refractivity contribution in [2.45, 2.75) is 84.5 Å². The molecule has 26 heavy (non-hydrogen) atoms. The normalized spacial score (nSPS) is 20.0. The molecule has 0 aromatic carbocycles. The van der Waals surface area contributed by atoms with Crippen molar-refractivity contribution >= 4 is 12.0 Å². The summed E-state index contributed by atoms with van der Waals surface area (Å²) in [5, 5.41) is 15.1. The lowest BCUT2D eigenvalue weighted by Gasteiger charge is -2.37. The van der Waals surface area contributed by atoms with Crippen LogP contribution in [-0.4, -0.2) is 53.2 Å². The highest BCUT2D eigenvalue weighted by atomic mass is 16.6. The first-order valence-corrected chi connectivity index (χ1v) is 9.35. The van der Waals surface area contributed by atoms with Gasteiger partial charge in [-0.1, -0.05) is 13.8 Å². The number of piperidine rings is 1. The lowest BCUT2D eigenvalue weighted by Crippen LogP contribution is -2.57. The molecule has 0 bridgehead atoms. The first-order valence-electron chi connectivity index (χ1n) is 9.35. The first kappa shape index (κ1) is 22.2. The monoisotopic (exact) mass is 366 g/mol. The average molecular weight is 367 g/mol. The Bertz CT molecular complexity index is 542. The number of likely N-dealkylation sites (tertiary alicyclic amines) is 1. The van der Waals surface area contributed by atoms with Crippen molar-refractivity contribution in [2.75, 3.05) is 13.1 Å². The zero-order valence-electron chi connectivity index (χ0n) is 17.2. The number of carbonyl (C=O) groups excluding carboxylic acids is 2. The van der Waals surface area contributed by atoms with E-state index in [2.05, 4.69) is 21.6 Å². The zero-order valence-corrected chi connectivity index (χ0v) is 17.2. The second-order valence-electron chi connectivity index (χ2n) is 8.59. The summed E-state index contributed by atoms with van der Waals surface area (Å²) in [6.07, 6.45) is 1.12. The van der Waals surface area contributed by atoms with Gasteiger partial charge in [-0.15, -0.1) is 0 Å². The van der Waals surface area contributed by atoms with Crippen molar-refractivity contribution in [3.8, 4) is 6.07 Å². The Morgan fingerprint density at radius 1 is 1.15 bits per heavy atom.